The van der Waals surface area contributed by atoms with Crippen molar-refractivity contribution in [2.24, 2.45) is 0 Å². The van der Waals surface area contributed by atoms with Crippen LogP contribution < -0.4 is 14.8 Å². The van der Waals surface area contributed by atoms with Gasteiger partial charge in [0.1, 0.15) is 0 Å². The molecule has 0 fully saturated rings. The minimum absolute atomic E-state index is 0.216. The van der Waals surface area contributed by atoms with Gasteiger partial charge < -0.3 is 19.9 Å². The number of benzene rings is 2. The zero-order chi connectivity index (χ0) is 14.8. The van der Waals surface area contributed by atoms with Crippen molar-refractivity contribution in [2.75, 3.05) is 18.7 Å². The van der Waals surface area contributed by atoms with Gasteiger partial charge in [-0.3, -0.25) is 0 Å². The standard InChI is InChI=1S/C15H13Cl2NO3/c16-10-4-11(17)6-12(5-10)18-7-13(19)9-1-2-14-15(3-9)21-8-20-14/h1-6,13,18-19H,7-8H2. The number of rotatable bonds is 4. The van der Waals surface area contributed by atoms with Gasteiger partial charge in [-0.15, -0.1) is 0 Å². The first-order valence-electron chi connectivity index (χ1n) is 6.39. The highest BCUT2D eigenvalue weighted by molar-refractivity contribution is 6.35. The molecule has 3 rings (SSSR count). The van der Waals surface area contributed by atoms with Crippen LogP contribution in [-0.2, 0) is 0 Å². The molecule has 110 valence electrons. The Labute approximate surface area is 132 Å². The molecule has 1 heterocycles. The van der Waals surface area contributed by atoms with Crippen molar-refractivity contribution in [1.82, 2.24) is 0 Å². The minimum atomic E-state index is -0.683. The molecule has 4 nitrogen and oxygen atoms in total. The SMILES string of the molecule is OC(CNc1cc(Cl)cc(Cl)c1)c1ccc2c(c1)OCO2. The summed E-state index contributed by atoms with van der Waals surface area (Å²) < 4.78 is 10.5. The first kappa shape index (κ1) is 14.3. The number of halogens is 2. The summed E-state index contributed by atoms with van der Waals surface area (Å²) in [5, 5.41) is 14.4. The summed E-state index contributed by atoms with van der Waals surface area (Å²) in [7, 11) is 0. The zero-order valence-corrected chi connectivity index (χ0v) is 12.5. The molecule has 1 aliphatic rings. The summed E-state index contributed by atoms with van der Waals surface area (Å²) in [6, 6.07) is 10.5. The van der Waals surface area contributed by atoms with E-state index in [0.717, 1.165) is 11.3 Å². The largest absolute Gasteiger partial charge is 0.454 e. The Balaban J connectivity index is 1.67. The van der Waals surface area contributed by atoms with Crippen molar-refractivity contribution >= 4 is 28.9 Å². The van der Waals surface area contributed by atoms with E-state index in [1.807, 2.05) is 6.07 Å². The van der Waals surface area contributed by atoms with Crippen LogP contribution in [0.4, 0.5) is 5.69 Å². The molecule has 1 unspecified atom stereocenters. The second kappa shape index (κ2) is 6.02. The quantitative estimate of drug-likeness (QED) is 0.896. The second-order valence-electron chi connectivity index (χ2n) is 4.67. The predicted molar refractivity (Wildman–Crippen MR) is 82.5 cm³/mol. The predicted octanol–water partition coefficient (Wildman–Crippen LogP) is 3.87. The highest BCUT2D eigenvalue weighted by Crippen LogP contribution is 2.34. The third-order valence-electron chi connectivity index (χ3n) is 3.14. The summed E-state index contributed by atoms with van der Waals surface area (Å²) in [5.41, 5.74) is 1.51. The van der Waals surface area contributed by atoms with Gasteiger partial charge in [-0.05, 0) is 35.9 Å². The Morgan fingerprint density at radius 3 is 2.52 bits per heavy atom. The Bertz CT molecular complexity index is 643. The van der Waals surface area contributed by atoms with E-state index in [0.29, 0.717) is 28.1 Å². The van der Waals surface area contributed by atoms with Gasteiger partial charge >= 0.3 is 0 Å². The van der Waals surface area contributed by atoms with Crippen LogP contribution in [0, 0.1) is 0 Å². The van der Waals surface area contributed by atoms with Gasteiger partial charge in [0.25, 0.3) is 0 Å². The van der Waals surface area contributed by atoms with E-state index in [9.17, 15) is 5.11 Å². The molecule has 1 atom stereocenters. The average molecular weight is 326 g/mol. The van der Waals surface area contributed by atoms with Crippen LogP contribution in [0.15, 0.2) is 36.4 Å². The molecule has 2 aromatic rings. The first-order chi connectivity index (χ1) is 10.1. The molecule has 6 heteroatoms. The number of ether oxygens (including phenoxy) is 2. The molecule has 0 radical (unpaired) electrons. The topological polar surface area (TPSA) is 50.7 Å². The van der Waals surface area contributed by atoms with Gasteiger partial charge in [0.2, 0.25) is 6.79 Å². The highest BCUT2D eigenvalue weighted by Gasteiger charge is 2.16. The first-order valence-corrected chi connectivity index (χ1v) is 7.15. The Hall–Kier alpha value is -1.62. The van der Waals surface area contributed by atoms with Gasteiger partial charge in [0.15, 0.2) is 11.5 Å². The fourth-order valence-corrected chi connectivity index (χ4v) is 2.63. The fraction of sp³-hybridized carbons (Fsp3) is 0.200. The normalized spacial score (nSPS) is 14.0. The number of hydrogen-bond acceptors (Lipinski definition) is 4. The molecule has 2 aromatic carbocycles. The maximum Gasteiger partial charge on any atom is 0.231 e. The van der Waals surface area contributed by atoms with E-state index in [2.05, 4.69) is 5.32 Å². The van der Waals surface area contributed by atoms with E-state index in [1.165, 1.54) is 0 Å². The van der Waals surface area contributed by atoms with Crippen molar-refractivity contribution in [2.45, 2.75) is 6.10 Å². The Morgan fingerprint density at radius 1 is 1.05 bits per heavy atom. The smallest absolute Gasteiger partial charge is 0.231 e. The van der Waals surface area contributed by atoms with E-state index < -0.39 is 6.10 Å². The molecule has 0 saturated heterocycles. The molecular weight excluding hydrogens is 313 g/mol. The molecule has 0 aromatic heterocycles. The van der Waals surface area contributed by atoms with Crippen LogP contribution in [0.5, 0.6) is 11.5 Å². The second-order valence-corrected chi connectivity index (χ2v) is 5.54. The minimum Gasteiger partial charge on any atom is -0.454 e. The summed E-state index contributed by atoms with van der Waals surface area (Å²) in [6.45, 7) is 0.546. The van der Waals surface area contributed by atoms with Gasteiger partial charge in [0.05, 0.1) is 6.10 Å². The molecule has 2 N–H and O–H groups in total. The van der Waals surface area contributed by atoms with Crippen molar-refractivity contribution in [3.8, 4) is 11.5 Å². The monoisotopic (exact) mass is 325 g/mol. The lowest BCUT2D eigenvalue weighted by atomic mass is 10.1. The van der Waals surface area contributed by atoms with Gasteiger partial charge in [-0.1, -0.05) is 29.3 Å². The van der Waals surface area contributed by atoms with Crippen molar-refractivity contribution in [3.63, 3.8) is 0 Å². The summed E-state index contributed by atoms with van der Waals surface area (Å²) in [4.78, 5) is 0. The van der Waals surface area contributed by atoms with Crippen molar-refractivity contribution < 1.29 is 14.6 Å². The molecule has 0 aliphatic carbocycles. The number of fused-ring (bicyclic) bond motifs is 1. The van der Waals surface area contributed by atoms with Crippen LogP contribution in [-0.4, -0.2) is 18.4 Å². The van der Waals surface area contributed by atoms with Crippen LogP contribution in [0.2, 0.25) is 10.0 Å². The molecule has 0 saturated carbocycles. The lowest BCUT2D eigenvalue weighted by Crippen LogP contribution is -2.12. The maximum atomic E-state index is 10.2. The number of nitrogens with one attached hydrogen (secondary N) is 1. The lowest BCUT2D eigenvalue weighted by Gasteiger charge is -2.14. The van der Waals surface area contributed by atoms with Gasteiger partial charge in [0, 0.05) is 22.3 Å². The van der Waals surface area contributed by atoms with Gasteiger partial charge in [-0.2, -0.15) is 0 Å². The van der Waals surface area contributed by atoms with Crippen LogP contribution >= 0.6 is 23.2 Å². The molecule has 21 heavy (non-hydrogen) atoms. The molecule has 0 spiro atoms. The summed E-state index contributed by atoms with van der Waals surface area (Å²) in [5.74, 6) is 1.35. The Morgan fingerprint density at radius 2 is 1.76 bits per heavy atom. The third-order valence-corrected chi connectivity index (χ3v) is 3.58. The molecule has 0 amide bonds. The van der Waals surface area contributed by atoms with E-state index in [-0.39, 0.29) is 6.79 Å². The van der Waals surface area contributed by atoms with Crippen LogP contribution in [0.25, 0.3) is 0 Å². The van der Waals surface area contributed by atoms with E-state index in [4.69, 9.17) is 32.7 Å². The average Bonchev–Trinajstić information content (AvgIpc) is 2.91. The van der Waals surface area contributed by atoms with Gasteiger partial charge in [-0.25, -0.2) is 0 Å². The zero-order valence-electron chi connectivity index (χ0n) is 11.0. The number of aliphatic hydroxyl groups excluding tert-OH is 1. The lowest BCUT2D eigenvalue weighted by molar-refractivity contribution is 0.173. The number of aliphatic hydroxyl groups is 1. The van der Waals surface area contributed by atoms with E-state index >= 15 is 0 Å². The molecule has 1 aliphatic heterocycles. The summed E-state index contributed by atoms with van der Waals surface area (Å²) >= 11 is 11.9. The van der Waals surface area contributed by atoms with Crippen molar-refractivity contribution in [1.29, 1.82) is 0 Å². The van der Waals surface area contributed by atoms with Crippen LogP contribution in [0.1, 0.15) is 11.7 Å². The number of hydrogen-bond donors (Lipinski definition) is 2. The highest BCUT2D eigenvalue weighted by atomic mass is 35.5. The van der Waals surface area contributed by atoms with E-state index in [1.54, 1.807) is 30.3 Å². The van der Waals surface area contributed by atoms with Crippen LogP contribution in [0.3, 0.4) is 0 Å². The third kappa shape index (κ3) is 3.35. The van der Waals surface area contributed by atoms with Crippen molar-refractivity contribution in [3.05, 3.63) is 52.0 Å². The molecule has 0 bridgehead atoms. The molecular formula is C15H13Cl2NO3. The fourth-order valence-electron chi connectivity index (χ4n) is 2.11. The number of anilines is 1. The summed E-state index contributed by atoms with van der Waals surface area (Å²) in [6.07, 6.45) is -0.683. The Kier molecular flexibility index (Phi) is 4.10. The maximum absolute atomic E-state index is 10.2.